The van der Waals surface area contributed by atoms with Crippen molar-refractivity contribution in [2.45, 2.75) is 38.6 Å². The van der Waals surface area contributed by atoms with Gasteiger partial charge in [-0.1, -0.05) is 6.07 Å². The van der Waals surface area contributed by atoms with E-state index >= 15 is 0 Å². The lowest BCUT2D eigenvalue weighted by atomic mass is 9.89. The summed E-state index contributed by atoms with van der Waals surface area (Å²) in [6, 6.07) is 11.9. The molecule has 2 aromatic heterocycles. The van der Waals surface area contributed by atoms with Gasteiger partial charge in [0.05, 0.1) is 5.69 Å². The number of halogens is 1. The zero-order valence-electron chi connectivity index (χ0n) is 17.0. The first-order chi connectivity index (χ1) is 14.5. The van der Waals surface area contributed by atoms with Gasteiger partial charge in [0.15, 0.2) is 0 Å². The SMILES string of the molecule is CC(=O)N1CCCC(c2nc(Nc3cccc(F)c3)cc(-c3cccnc3)n2)C1C. The van der Waals surface area contributed by atoms with Crippen LogP contribution in [0.2, 0.25) is 0 Å². The Morgan fingerprint density at radius 1 is 1.20 bits per heavy atom. The number of aromatic nitrogens is 3. The Morgan fingerprint density at radius 3 is 2.80 bits per heavy atom. The molecule has 6 nitrogen and oxygen atoms in total. The van der Waals surface area contributed by atoms with Crippen molar-refractivity contribution >= 4 is 17.4 Å². The molecule has 1 amide bonds. The van der Waals surface area contributed by atoms with Crippen LogP contribution in [0.4, 0.5) is 15.9 Å². The zero-order valence-corrected chi connectivity index (χ0v) is 17.0. The number of carbonyl (C=O) groups excluding carboxylic acids is 1. The van der Waals surface area contributed by atoms with Crippen molar-refractivity contribution < 1.29 is 9.18 Å². The maximum atomic E-state index is 13.6. The second-order valence-electron chi connectivity index (χ2n) is 7.58. The second kappa shape index (κ2) is 8.57. The average Bonchev–Trinajstić information content (AvgIpc) is 2.74. The van der Waals surface area contributed by atoms with Crippen LogP contribution in [0.1, 0.15) is 38.4 Å². The van der Waals surface area contributed by atoms with Crippen LogP contribution in [0.25, 0.3) is 11.3 Å². The summed E-state index contributed by atoms with van der Waals surface area (Å²) in [7, 11) is 0. The zero-order chi connectivity index (χ0) is 21.1. The molecule has 4 rings (SSSR count). The summed E-state index contributed by atoms with van der Waals surface area (Å²) in [5, 5.41) is 3.19. The molecule has 2 atom stereocenters. The van der Waals surface area contributed by atoms with Gasteiger partial charge < -0.3 is 10.2 Å². The minimum atomic E-state index is -0.320. The first kappa shape index (κ1) is 19.9. The molecule has 1 fully saturated rings. The predicted molar refractivity (Wildman–Crippen MR) is 114 cm³/mol. The highest BCUT2D eigenvalue weighted by atomic mass is 19.1. The van der Waals surface area contributed by atoms with Crippen LogP contribution in [-0.2, 0) is 4.79 Å². The van der Waals surface area contributed by atoms with E-state index in [1.807, 2.05) is 30.0 Å². The number of piperidine rings is 1. The number of amides is 1. The van der Waals surface area contributed by atoms with E-state index in [9.17, 15) is 9.18 Å². The first-order valence-electron chi connectivity index (χ1n) is 10.1. The summed E-state index contributed by atoms with van der Waals surface area (Å²) >= 11 is 0. The monoisotopic (exact) mass is 405 g/mol. The molecule has 1 aromatic carbocycles. The van der Waals surface area contributed by atoms with Crippen molar-refractivity contribution in [3.63, 3.8) is 0 Å². The van der Waals surface area contributed by atoms with Crippen molar-refractivity contribution in [1.82, 2.24) is 19.9 Å². The third kappa shape index (κ3) is 4.30. The number of pyridine rings is 1. The lowest BCUT2D eigenvalue weighted by molar-refractivity contribution is -0.132. The number of likely N-dealkylation sites (tertiary alicyclic amines) is 1. The molecular formula is C23H24FN5O. The maximum Gasteiger partial charge on any atom is 0.219 e. The van der Waals surface area contributed by atoms with E-state index in [0.29, 0.717) is 17.3 Å². The molecule has 3 aromatic rings. The van der Waals surface area contributed by atoms with Crippen LogP contribution in [0.3, 0.4) is 0 Å². The standard InChI is InChI=1S/C23H24FN5O/c1-15-20(9-5-11-29(15)16(2)30)23-27-21(17-6-4-10-25-14-17)13-22(28-23)26-19-8-3-7-18(24)12-19/h3-4,6-8,10,12-15,20H,5,9,11H2,1-2H3,(H,26,27,28). The van der Waals surface area contributed by atoms with Gasteiger partial charge in [-0.05, 0) is 50.1 Å². The highest BCUT2D eigenvalue weighted by molar-refractivity contribution is 5.74. The molecular weight excluding hydrogens is 381 g/mol. The Labute approximate surface area is 175 Å². The molecule has 1 N–H and O–H groups in total. The van der Waals surface area contributed by atoms with Crippen LogP contribution < -0.4 is 5.32 Å². The Hall–Kier alpha value is -3.35. The van der Waals surface area contributed by atoms with Gasteiger partial charge in [0.1, 0.15) is 17.5 Å². The van der Waals surface area contributed by atoms with Crippen molar-refractivity contribution in [1.29, 1.82) is 0 Å². The maximum absolute atomic E-state index is 13.6. The first-order valence-corrected chi connectivity index (χ1v) is 10.1. The molecule has 7 heteroatoms. The van der Waals surface area contributed by atoms with Gasteiger partial charge >= 0.3 is 0 Å². The van der Waals surface area contributed by atoms with Crippen LogP contribution in [0.5, 0.6) is 0 Å². The molecule has 2 unspecified atom stereocenters. The van der Waals surface area contributed by atoms with Crippen molar-refractivity contribution in [2.75, 3.05) is 11.9 Å². The molecule has 0 aliphatic carbocycles. The lowest BCUT2D eigenvalue weighted by Crippen LogP contribution is -2.45. The van der Waals surface area contributed by atoms with Gasteiger partial charge in [-0.3, -0.25) is 9.78 Å². The minimum absolute atomic E-state index is 0.00224. The molecule has 3 heterocycles. The lowest BCUT2D eigenvalue weighted by Gasteiger charge is -2.38. The molecule has 0 saturated carbocycles. The van der Waals surface area contributed by atoms with Gasteiger partial charge in [0.2, 0.25) is 5.91 Å². The smallest absolute Gasteiger partial charge is 0.219 e. The number of nitrogens with zero attached hydrogens (tertiary/aromatic N) is 4. The molecule has 0 spiro atoms. The van der Waals surface area contributed by atoms with Crippen molar-refractivity contribution in [3.05, 3.63) is 66.5 Å². The number of benzene rings is 1. The van der Waals surface area contributed by atoms with E-state index in [0.717, 1.165) is 30.6 Å². The van der Waals surface area contributed by atoms with Crippen LogP contribution >= 0.6 is 0 Å². The van der Waals surface area contributed by atoms with E-state index in [1.165, 1.54) is 12.1 Å². The summed E-state index contributed by atoms with van der Waals surface area (Å²) in [6.07, 6.45) is 5.28. The Kier molecular flexibility index (Phi) is 5.70. The van der Waals surface area contributed by atoms with Gasteiger partial charge in [-0.2, -0.15) is 0 Å². The third-order valence-electron chi connectivity index (χ3n) is 5.52. The van der Waals surface area contributed by atoms with Crippen LogP contribution in [-0.4, -0.2) is 38.3 Å². The number of hydrogen-bond donors (Lipinski definition) is 1. The average molecular weight is 405 g/mol. The summed E-state index contributed by atoms with van der Waals surface area (Å²) in [5.74, 6) is 1.02. The van der Waals surface area contributed by atoms with E-state index in [4.69, 9.17) is 9.97 Å². The van der Waals surface area contributed by atoms with Crippen molar-refractivity contribution in [2.24, 2.45) is 0 Å². The predicted octanol–water partition coefficient (Wildman–Crippen LogP) is 4.54. The van der Waals surface area contributed by atoms with Gasteiger partial charge in [0.25, 0.3) is 0 Å². The number of hydrogen-bond acceptors (Lipinski definition) is 5. The fourth-order valence-corrected chi connectivity index (χ4v) is 4.00. The Balaban J connectivity index is 1.74. The number of rotatable bonds is 4. The van der Waals surface area contributed by atoms with Gasteiger partial charge in [-0.25, -0.2) is 14.4 Å². The Morgan fingerprint density at radius 2 is 2.07 bits per heavy atom. The third-order valence-corrected chi connectivity index (χ3v) is 5.52. The quantitative estimate of drug-likeness (QED) is 0.690. The fourth-order valence-electron chi connectivity index (χ4n) is 4.00. The normalized spacial score (nSPS) is 18.8. The van der Waals surface area contributed by atoms with Crippen LogP contribution in [0.15, 0.2) is 54.9 Å². The van der Waals surface area contributed by atoms with E-state index < -0.39 is 0 Å². The summed E-state index contributed by atoms with van der Waals surface area (Å²) < 4.78 is 13.6. The number of anilines is 2. The summed E-state index contributed by atoms with van der Waals surface area (Å²) in [4.78, 5) is 27.7. The van der Waals surface area contributed by atoms with Gasteiger partial charge in [-0.15, -0.1) is 0 Å². The molecule has 154 valence electrons. The molecule has 1 aliphatic rings. The highest BCUT2D eigenvalue weighted by Gasteiger charge is 2.32. The number of carbonyl (C=O) groups is 1. The van der Waals surface area contributed by atoms with E-state index in [2.05, 4.69) is 10.3 Å². The highest BCUT2D eigenvalue weighted by Crippen LogP contribution is 2.33. The summed E-state index contributed by atoms with van der Waals surface area (Å²) in [6.45, 7) is 4.40. The largest absolute Gasteiger partial charge is 0.340 e. The molecule has 1 aliphatic heterocycles. The van der Waals surface area contributed by atoms with E-state index in [1.54, 1.807) is 31.5 Å². The van der Waals surface area contributed by atoms with Gasteiger partial charge in [0, 0.05) is 55.1 Å². The summed E-state index contributed by atoms with van der Waals surface area (Å²) in [5.41, 5.74) is 2.22. The van der Waals surface area contributed by atoms with E-state index in [-0.39, 0.29) is 23.7 Å². The molecule has 30 heavy (non-hydrogen) atoms. The molecule has 0 radical (unpaired) electrons. The Bertz CT molecular complexity index is 1040. The van der Waals surface area contributed by atoms with Crippen LogP contribution in [0, 0.1) is 5.82 Å². The fraction of sp³-hybridized carbons (Fsp3) is 0.304. The molecule has 1 saturated heterocycles. The topological polar surface area (TPSA) is 71.0 Å². The second-order valence-corrected chi connectivity index (χ2v) is 7.58. The number of nitrogens with one attached hydrogen (secondary N) is 1. The van der Waals surface area contributed by atoms with Crippen molar-refractivity contribution in [3.8, 4) is 11.3 Å². The minimum Gasteiger partial charge on any atom is -0.340 e. The molecule has 0 bridgehead atoms.